The molecule has 72 valence electrons. The highest BCUT2D eigenvalue weighted by molar-refractivity contribution is 9.10. The van der Waals surface area contributed by atoms with Crippen LogP contribution in [0, 0.1) is 0 Å². The van der Waals surface area contributed by atoms with E-state index in [4.69, 9.17) is 11.6 Å². The van der Waals surface area contributed by atoms with Crippen molar-refractivity contribution in [2.45, 2.75) is 0 Å². The van der Waals surface area contributed by atoms with Crippen LogP contribution in [0.1, 0.15) is 0 Å². The van der Waals surface area contributed by atoms with Crippen LogP contribution in [0.4, 0.5) is 5.69 Å². The molecular formula is C8H10BrClN2S. The van der Waals surface area contributed by atoms with Crippen molar-refractivity contribution in [2.75, 3.05) is 18.4 Å². The van der Waals surface area contributed by atoms with Crippen molar-refractivity contribution < 1.29 is 0 Å². The van der Waals surface area contributed by atoms with E-state index in [1.807, 2.05) is 18.2 Å². The number of benzene rings is 1. The summed E-state index contributed by atoms with van der Waals surface area (Å²) >= 11 is 13.1. The van der Waals surface area contributed by atoms with Crippen LogP contribution in [0.3, 0.4) is 0 Å². The second-order valence-corrected chi connectivity index (χ2v) is 4.04. The Hall–Kier alpha value is 0.1000. The van der Waals surface area contributed by atoms with E-state index in [-0.39, 0.29) is 0 Å². The Kier molecular flexibility index (Phi) is 4.94. The highest BCUT2D eigenvalue weighted by Gasteiger charge is 1.97. The first kappa shape index (κ1) is 11.2. The van der Waals surface area contributed by atoms with Crippen molar-refractivity contribution in [3.8, 4) is 0 Å². The molecule has 0 saturated carbocycles. The summed E-state index contributed by atoms with van der Waals surface area (Å²) in [6.07, 6.45) is 0. The van der Waals surface area contributed by atoms with Crippen molar-refractivity contribution in [1.29, 1.82) is 0 Å². The third-order valence-corrected chi connectivity index (χ3v) is 2.92. The predicted molar refractivity (Wildman–Crippen MR) is 64.6 cm³/mol. The lowest BCUT2D eigenvalue weighted by molar-refractivity contribution is 0.962. The zero-order valence-electron chi connectivity index (χ0n) is 6.85. The molecule has 0 bridgehead atoms. The summed E-state index contributed by atoms with van der Waals surface area (Å²) in [5.41, 5.74) is 1.04. The molecule has 0 heterocycles. The van der Waals surface area contributed by atoms with Gasteiger partial charge in [0, 0.05) is 23.2 Å². The van der Waals surface area contributed by atoms with Crippen LogP contribution in [0.2, 0.25) is 5.02 Å². The maximum atomic E-state index is 5.84. The zero-order chi connectivity index (χ0) is 9.68. The first-order valence-corrected chi connectivity index (χ1v) is 5.41. The summed E-state index contributed by atoms with van der Waals surface area (Å²) in [5, 5.41) is 3.93. The number of hydrogen-bond donors (Lipinski definition) is 3. The van der Waals surface area contributed by atoms with Gasteiger partial charge >= 0.3 is 0 Å². The van der Waals surface area contributed by atoms with E-state index in [1.165, 1.54) is 0 Å². The summed E-state index contributed by atoms with van der Waals surface area (Å²) in [6.45, 7) is 1.64. The van der Waals surface area contributed by atoms with E-state index in [1.54, 1.807) is 0 Å². The molecule has 1 aromatic rings. The minimum absolute atomic E-state index is 0.720. The van der Waals surface area contributed by atoms with E-state index in [2.05, 4.69) is 38.8 Å². The molecule has 2 N–H and O–H groups in total. The van der Waals surface area contributed by atoms with Gasteiger partial charge < -0.3 is 5.32 Å². The number of nitrogens with one attached hydrogen (secondary N) is 2. The third-order valence-electron chi connectivity index (χ3n) is 1.49. The summed E-state index contributed by atoms with van der Waals surface area (Å²) in [6, 6.07) is 5.73. The molecule has 0 fully saturated rings. The summed E-state index contributed by atoms with van der Waals surface area (Å²) in [4.78, 5) is 0. The Morgan fingerprint density at radius 3 is 2.77 bits per heavy atom. The van der Waals surface area contributed by atoms with Crippen LogP contribution in [0.25, 0.3) is 0 Å². The van der Waals surface area contributed by atoms with Gasteiger partial charge in [0.2, 0.25) is 0 Å². The number of anilines is 1. The fourth-order valence-corrected chi connectivity index (χ4v) is 1.48. The lowest BCUT2D eigenvalue weighted by Crippen LogP contribution is -2.13. The van der Waals surface area contributed by atoms with E-state index in [0.29, 0.717) is 0 Å². The smallest absolute Gasteiger partial charge is 0.0549 e. The van der Waals surface area contributed by atoms with Gasteiger partial charge in [-0.15, -0.1) is 0 Å². The molecule has 0 aliphatic rings. The molecule has 5 heteroatoms. The van der Waals surface area contributed by atoms with Crippen LogP contribution in [0.5, 0.6) is 0 Å². The number of thiol groups is 1. The molecule has 0 aliphatic carbocycles. The van der Waals surface area contributed by atoms with Crippen molar-refractivity contribution >= 4 is 46.0 Å². The van der Waals surface area contributed by atoms with Crippen molar-refractivity contribution in [2.24, 2.45) is 0 Å². The maximum absolute atomic E-state index is 5.84. The van der Waals surface area contributed by atoms with Crippen LogP contribution in [-0.4, -0.2) is 13.1 Å². The highest BCUT2D eigenvalue weighted by atomic mass is 79.9. The number of halogens is 2. The lowest BCUT2D eigenvalue weighted by atomic mass is 10.3. The van der Waals surface area contributed by atoms with E-state index in [9.17, 15) is 0 Å². The molecule has 0 unspecified atom stereocenters. The van der Waals surface area contributed by atoms with Gasteiger partial charge in [0.15, 0.2) is 0 Å². The molecule has 0 aromatic heterocycles. The van der Waals surface area contributed by atoms with Gasteiger partial charge in [0.05, 0.1) is 5.02 Å². The molecule has 0 atom stereocenters. The normalized spacial score (nSPS) is 10.1. The van der Waals surface area contributed by atoms with E-state index in [0.717, 1.165) is 28.3 Å². The molecule has 2 nitrogen and oxygen atoms in total. The minimum Gasteiger partial charge on any atom is -0.384 e. The molecule has 0 radical (unpaired) electrons. The van der Waals surface area contributed by atoms with Crippen molar-refractivity contribution in [3.05, 3.63) is 27.7 Å². The second kappa shape index (κ2) is 5.75. The summed E-state index contributed by atoms with van der Waals surface area (Å²) < 4.78 is 3.66. The van der Waals surface area contributed by atoms with Gasteiger partial charge in [-0.05, 0) is 34.1 Å². The topological polar surface area (TPSA) is 24.1 Å². The monoisotopic (exact) mass is 280 g/mol. The lowest BCUT2D eigenvalue weighted by Gasteiger charge is -2.06. The molecule has 0 spiro atoms. The Morgan fingerprint density at radius 1 is 1.38 bits per heavy atom. The van der Waals surface area contributed by atoms with Gasteiger partial charge in [-0.3, -0.25) is 4.72 Å². The summed E-state index contributed by atoms with van der Waals surface area (Å²) in [7, 11) is 0. The highest BCUT2D eigenvalue weighted by Crippen LogP contribution is 2.25. The first-order chi connectivity index (χ1) is 6.24. The van der Waals surface area contributed by atoms with Gasteiger partial charge in [0.1, 0.15) is 0 Å². The average Bonchev–Trinajstić information content (AvgIpc) is 2.12. The Labute approximate surface area is 96.7 Å². The van der Waals surface area contributed by atoms with Gasteiger partial charge in [-0.1, -0.05) is 24.4 Å². The van der Waals surface area contributed by atoms with Crippen molar-refractivity contribution in [1.82, 2.24) is 4.72 Å². The average molecular weight is 282 g/mol. The Morgan fingerprint density at radius 2 is 2.15 bits per heavy atom. The van der Waals surface area contributed by atoms with Crippen LogP contribution >= 0.6 is 40.3 Å². The SMILES string of the molecule is SNCCNc1ccc(Cl)c(Br)c1. The quantitative estimate of drug-likeness (QED) is 0.584. The molecule has 0 saturated heterocycles. The minimum atomic E-state index is 0.720. The molecular weight excluding hydrogens is 272 g/mol. The van der Waals surface area contributed by atoms with Gasteiger partial charge in [0.25, 0.3) is 0 Å². The first-order valence-electron chi connectivity index (χ1n) is 3.80. The van der Waals surface area contributed by atoms with Gasteiger partial charge in [-0.25, -0.2) is 0 Å². The molecule has 1 rings (SSSR count). The third kappa shape index (κ3) is 3.77. The molecule has 0 aliphatic heterocycles. The predicted octanol–water partition coefficient (Wildman–Crippen LogP) is 2.95. The van der Waals surface area contributed by atoms with Gasteiger partial charge in [-0.2, -0.15) is 0 Å². The second-order valence-electron chi connectivity index (χ2n) is 2.46. The Balaban J connectivity index is 2.53. The number of hydrogen-bond acceptors (Lipinski definition) is 3. The van der Waals surface area contributed by atoms with Crippen LogP contribution in [0.15, 0.2) is 22.7 Å². The van der Waals surface area contributed by atoms with Crippen molar-refractivity contribution in [3.63, 3.8) is 0 Å². The molecule has 1 aromatic carbocycles. The van der Waals surface area contributed by atoms with Crippen LogP contribution < -0.4 is 10.0 Å². The summed E-state index contributed by atoms with van der Waals surface area (Å²) in [5.74, 6) is 0. The fourth-order valence-electron chi connectivity index (χ4n) is 0.869. The zero-order valence-corrected chi connectivity index (χ0v) is 10.1. The molecule has 0 amide bonds. The standard InChI is InChI=1S/C8H10BrClN2S/c9-7-5-6(1-2-8(7)10)11-3-4-12-13/h1-2,5,11-13H,3-4H2. The maximum Gasteiger partial charge on any atom is 0.0549 e. The Bertz CT molecular complexity index is 283. The van der Waals surface area contributed by atoms with E-state index < -0.39 is 0 Å². The van der Waals surface area contributed by atoms with Crippen LogP contribution in [-0.2, 0) is 0 Å². The fraction of sp³-hybridized carbons (Fsp3) is 0.250. The molecule has 13 heavy (non-hydrogen) atoms. The van der Waals surface area contributed by atoms with E-state index >= 15 is 0 Å². The number of rotatable bonds is 4. The largest absolute Gasteiger partial charge is 0.384 e.